The summed E-state index contributed by atoms with van der Waals surface area (Å²) in [5.74, 6) is 0. The van der Waals surface area contributed by atoms with Crippen molar-refractivity contribution in [3.05, 3.63) is 0 Å². The average Bonchev–Trinajstić information content (AvgIpc) is 2.62. The zero-order chi connectivity index (χ0) is 17.9. The lowest BCUT2D eigenvalue weighted by atomic mass is 10.0. The Balaban J connectivity index is 1.48. The molecule has 3 aliphatic rings. The van der Waals surface area contributed by atoms with Crippen LogP contribution >= 0.6 is 0 Å². The van der Waals surface area contributed by atoms with E-state index < -0.39 is 16.6 Å². The first-order chi connectivity index (χ1) is 12.0. The summed E-state index contributed by atoms with van der Waals surface area (Å²) in [6, 6.07) is 0.469. The number of nitrogens with one attached hydrogen (secondary N) is 1. The van der Waals surface area contributed by atoms with Crippen LogP contribution in [0.25, 0.3) is 0 Å². The van der Waals surface area contributed by atoms with E-state index in [2.05, 4.69) is 10.2 Å². The zero-order valence-corrected chi connectivity index (χ0v) is 15.4. The minimum Gasteiger partial charge on any atom is -0.314 e. The van der Waals surface area contributed by atoms with Crippen molar-refractivity contribution < 1.29 is 17.2 Å². The summed E-state index contributed by atoms with van der Waals surface area (Å²) < 4.78 is 53.5. The average molecular weight is 381 g/mol. The van der Waals surface area contributed by atoms with Crippen molar-refractivity contribution in [2.75, 3.05) is 72.0 Å². The second-order valence-corrected chi connectivity index (χ2v) is 8.94. The third-order valence-corrected chi connectivity index (χ3v) is 7.51. The van der Waals surface area contributed by atoms with E-state index in [4.69, 9.17) is 0 Å². The molecule has 10 heteroatoms. The molecule has 25 heavy (non-hydrogen) atoms. The van der Waals surface area contributed by atoms with E-state index in [0.29, 0.717) is 45.3 Å². The second-order valence-electron chi connectivity index (χ2n) is 7.01. The van der Waals surface area contributed by atoms with Crippen molar-refractivity contribution in [3.8, 4) is 0 Å². The van der Waals surface area contributed by atoms with Gasteiger partial charge in [-0.05, 0) is 12.8 Å². The Morgan fingerprint density at radius 2 is 1.44 bits per heavy atom. The lowest BCUT2D eigenvalue weighted by Crippen LogP contribution is -2.57. The fourth-order valence-corrected chi connectivity index (χ4v) is 5.61. The molecule has 0 amide bonds. The van der Waals surface area contributed by atoms with E-state index in [0.717, 1.165) is 39.0 Å². The van der Waals surface area contributed by atoms with Crippen LogP contribution in [0, 0.1) is 0 Å². The van der Waals surface area contributed by atoms with Crippen molar-refractivity contribution in [2.45, 2.75) is 25.3 Å². The predicted molar refractivity (Wildman–Crippen MR) is 92.0 cm³/mol. The number of halogens is 2. The fourth-order valence-electron chi connectivity index (χ4n) is 3.99. The Bertz CT molecular complexity index is 514. The molecule has 0 aromatic carbocycles. The highest BCUT2D eigenvalue weighted by Crippen LogP contribution is 2.22. The summed E-state index contributed by atoms with van der Waals surface area (Å²) in [7, 11) is -3.47. The first kappa shape index (κ1) is 19.4. The van der Waals surface area contributed by atoms with Gasteiger partial charge >= 0.3 is 0 Å². The van der Waals surface area contributed by atoms with Gasteiger partial charge in [0.2, 0.25) is 0 Å². The summed E-state index contributed by atoms with van der Waals surface area (Å²) in [5, 5.41) is 3.34. The molecule has 3 rings (SSSR count). The number of alkyl halides is 2. The topological polar surface area (TPSA) is 59.1 Å². The maximum absolute atomic E-state index is 12.8. The molecule has 0 unspecified atom stereocenters. The number of hydrogen-bond acceptors (Lipinski definition) is 5. The van der Waals surface area contributed by atoms with Crippen LogP contribution in [0.5, 0.6) is 0 Å². The molecule has 3 saturated heterocycles. The van der Waals surface area contributed by atoms with E-state index in [1.807, 2.05) is 0 Å². The van der Waals surface area contributed by atoms with Crippen LogP contribution in [-0.2, 0) is 10.2 Å². The second kappa shape index (κ2) is 8.53. The van der Waals surface area contributed by atoms with Crippen molar-refractivity contribution in [1.82, 2.24) is 23.7 Å². The normalized spacial score (nSPS) is 27.2. The molecule has 0 aromatic heterocycles. The lowest BCUT2D eigenvalue weighted by Gasteiger charge is -2.42. The maximum Gasteiger partial charge on any atom is 0.282 e. The van der Waals surface area contributed by atoms with E-state index in [9.17, 15) is 17.2 Å². The van der Waals surface area contributed by atoms with Crippen LogP contribution in [-0.4, -0.2) is 111 Å². The largest absolute Gasteiger partial charge is 0.314 e. The molecule has 1 N–H and O–H groups in total. The number of nitrogens with zero attached hydrogens (tertiary/aromatic N) is 4. The van der Waals surface area contributed by atoms with Crippen LogP contribution in [0.2, 0.25) is 0 Å². The van der Waals surface area contributed by atoms with Gasteiger partial charge in [0.1, 0.15) is 0 Å². The highest BCUT2D eigenvalue weighted by molar-refractivity contribution is 7.86. The quantitative estimate of drug-likeness (QED) is 0.695. The Hall–Kier alpha value is -0.390. The van der Waals surface area contributed by atoms with Crippen molar-refractivity contribution in [3.63, 3.8) is 0 Å². The van der Waals surface area contributed by atoms with Gasteiger partial charge in [0.15, 0.2) is 0 Å². The Morgan fingerprint density at radius 3 is 2.00 bits per heavy atom. The summed E-state index contributed by atoms with van der Waals surface area (Å²) in [6.45, 7) is 6.24. The Kier molecular flexibility index (Phi) is 6.61. The first-order valence-electron chi connectivity index (χ1n) is 9.17. The molecular weight excluding hydrogens is 352 g/mol. The van der Waals surface area contributed by atoms with Gasteiger partial charge in [-0.3, -0.25) is 9.80 Å². The minimum absolute atomic E-state index is 0.274. The first-order valence-corrected chi connectivity index (χ1v) is 10.6. The molecule has 146 valence electrons. The molecule has 0 bridgehead atoms. The van der Waals surface area contributed by atoms with E-state index >= 15 is 0 Å². The van der Waals surface area contributed by atoms with Crippen LogP contribution in [0.3, 0.4) is 0 Å². The van der Waals surface area contributed by atoms with Crippen LogP contribution in [0.4, 0.5) is 8.78 Å². The molecule has 3 aliphatic heterocycles. The van der Waals surface area contributed by atoms with Gasteiger partial charge in [0.25, 0.3) is 16.6 Å². The van der Waals surface area contributed by atoms with Crippen LogP contribution in [0.15, 0.2) is 0 Å². The Morgan fingerprint density at radius 1 is 0.880 bits per heavy atom. The lowest BCUT2D eigenvalue weighted by molar-refractivity contribution is 0.0697. The van der Waals surface area contributed by atoms with Gasteiger partial charge in [-0.25, -0.2) is 8.78 Å². The molecule has 3 fully saturated rings. The van der Waals surface area contributed by atoms with E-state index in [-0.39, 0.29) is 6.54 Å². The zero-order valence-electron chi connectivity index (χ0n) is 14.6. The number of piperazine rings is 2. The van der Waals surface area contributed by atoms with E-state index in [1.165, 1.54) is 4.31 Å². The van der Waals surface area contributed by atoms with Gasteiger partial charge in [-0.15, -0.1) is 0 Å². The standard InChI is InChI=1S/C15H29F2N5O2S/c16-15(17)13-19-9-11-22(12-10-19)25(23,24)21-5-1-14(2-6-21)20-7-3-18-4-8-20/h14-15,18H,1-13H2. The monoisotopic (exact) mass is 381 g/mol. The van der Waals surface area contributed by atoms with Gasteiger partial charge < -0.3 is 5.32 Å². The smallest absolute Gasteiger partial charge is 0.282 e. The third-order valence-electron chi connectivity index (χ3n) is 5.47. The SMILES string of the molecule is O=S(=O)(N1CCC(N2CCNCC2)CC1)N1CCN(CC(F)F)CC1. The predicted octanol–water partition coefficient (Wildman–Crippen LogP) is -0.516. The molecule has 3 heterocycles. The summed E-state index contributed by atoms with van der Waals surface area (Å²) in [4.78, 5) is 4.09. The molecule has 0 radical (unpaired) electrons. The van der Waals surface area contributed by atoms with E-state index in [1.54, 1.807) is 9.21 Å². The molecule has 0 saturated carbocycles. The molecular formula is C15H29F2N5O2S. The Labute approximate surface area is 149 Å². The maximum atomic E-state index is 12.8. The van der Waals surface area contributed by atoms with Gasteiger partial charge in [-0.2, -0.15) is 17.0 Å². The summed E-state index contributed by atoms with van der Waals surface area (Å²) >= 11 is 0. The minimum atomic E-state index is -3.47. The third kappa shape index (κ3) is 4.86. The van der Waals surface area contributed by atoms with Gasteiger partial charge in [0.05, 0.1) is 6.54 Å². The summed E-state index contributed by atoms with van der Waals surface area (Å²) in [5.41, 5.74) is 0. The summed E-state index contributed by atoms with van der Waals surface area (Å²) in [6.07, 6.45) is -0.637. The van der Waals surface area contributed by atoms with Crippen molar-refractivity contribution in [2.24, 2.45) is 0 Å². The highest BCUT2D eigenvalue weighted by atomic mass is 32.2. The molecule has 0 atom stereocenters. The van der Waals surface area contributed by atoms with Crippen molar-refractivity contribution >= 4 is 10.2 Å². The number of hydrogen-bond donors (Lipinski definition) is 1. The molecule has 0 aromatic rings. The molecule has 0 aliphatic carbocycles. The van der Waals surface area contributed by atoms with Gasteiger partial charge in [0, 0.05) is 71.5 Å². The van der Waals surface area contributed by atoms with Gasteiger partial charge in [-0.1, -0.05) is 0 Å². The highest BCUT2D eigenvalue weighted by Gasteiger charge is 2.36. The molecule has 7 nitrogen and oxygen atoms in total. The molecule has 0 spiro atoms. The van der Waals surface area contributed by atoms with Crippen molar-refractivity contribution in [1.29, 1.82) is 0 Å². The number of piperidine rings is 1. The van der Waals surface area contributed by atoms with Crippen LogP contribution in [0.1, 0.15) is 12.8 Å². The fraction of sp³-hybridized carbons (Fsp3) is 1.00. The number of rotatable bonds is 5. The van der Waals surface area contributed by atoms with Crippen LogP contribution < -0.4 is 5.32 Å².